The first-order valence-corrected chi connectivity index (χ1v) is 7.30. The Bertz CT molecular complexity index is 412. The third-order valence-corrected chi connectivity index (χ3v) is 3.66. The maximum absolute atomic E-state index is 11.9. The van der Waals surface area contributed by atoms with Gasteiger partial charge < -0.3 is 15.7 Å². The normalized spacial score (nSPS) is 13.7. The molecule has 0 aliphatic carbocycles. The Morgan fingerprint density at radius 2 is 2.05 bits per heavy atom. The number of benzene rings is 1. The molecule has 0 radical (unpaired) electrons. The first-order chi connectivity index (χ1) is 9.08. The first kappa shape index (κ1) is 16.0. The summed E-state index contributed by atoms with van der Waals surface area (Å²) >= 11 is 3.50. The molecule has 19 heavy (non-hydrogen) atoms. The summed E-state index contributed by atoms with van der Waals surface area (Å²) < 4.78 is 0.991. The van der Waals surface area contributed by atoms with E-state index in [0.29, 0.717) is 6.42 Å². The maximum atomic E-state index is 11.9. The summed E-state index contributed by atoms with van der Waals surface area (Å²) in [4.78, 5) is 11.9. The minimum Gasteiger partial charge on any atom is -0.396 e. The molecule has 0 saturated carbocycles. The number of rotatable bonds is 6. The van der Waals surface area contributed by atoms with Crippen LogP contribution in [0.5, 0.6) is 0 Å². The van der Waals surface area contributed by atoms with Crippen molar-refractivity contribution in [1.29, 1.82) is 0 Å². The molecule has 2 amide bonds. The number of aliphatic hydroxyl groups excluding tert-OH is 1. The van der Waals surface area contributed by atoms with E-state index in [2.05, 4.69) is 26.6 Å². The van der Waals surface area contributed by atoms with Crippen LogP contribution < -0.4 is 10.6 Å². The van der Waals surface area contributed by atoms with Gasteiger partial charge in [-0.15, -0.1) is 0 Å². The van der Waals surface area contributed by atoms with Crippen molar-refractivity contribution in [3.05, 3.63) is 34.3 Å². The minimum absolute atomic E-state index is 0.0306. The Morgan fingerprint density at radius 1 is 1.37 bits per heavy atom. The summed E-state index contributed by atoms with van der Waals surface area (Å²) in [7, 11) is 0. The highest BCUT2D eigenvalue weighted by molar-refractivity contribution is 9.10. The van der Waals surface area contributed by atoms with Crippen molar-refractivity contribution in [3.8, 4) is 0 Å². The number of nitrogens with one attached hydrogen (secondary N) is 2. The SMILES string of the molecule is CCC(NC(=O)N[C@H](C)CCO)c1ccccc1Br. The molecule has 4 nitrogen and oxygen atoms in total. The largest absolute Gasteiger partial charge is 0.396 e. The van der Waals surface area contributed by atoms with Crippen LogP contribution >= 0.6 is 15.9 Å². The number of carbonyl (C=O) groups is 1. The van der Waals surface area contributed by atoms with E-state index in [4.69, 9.17) is 5.11 Å². The quantitative estimate of drug-likeness (QED) is 0.751. The number of halogens is 1. The van der Waals surface area contributed by atoms with Crippen molar-refractivity contribution in [2.24, 2.45) is 0 Å². The van der Waals surface area contributed by atoms with Crippen LogP contribution in [-0.2, 0) is 0 Å². The lowest BCUT2D eigenvalue weighted by molar-refractivity contribution is 0.227. The van der Waals surface area contributed by atoms with Crippen LogP contribution in [0.3, 0.4) is 0 Å². The Balaban J connectivity index is 2.62. The van der Waals surface area contributed by atoms with E-state index in [-0.39, 0.29) is 24.7 Å². The molecule has 3 N–H and O–H groups in total. The Hall–Kier alpha value is -1.07. The van der Waals surface area contributed by atoms with Crippen LogP contribution in [0.1, 0.15) is 38.3 Å². The number of amides is 2. The summed E-state index contributed by atoms with van der Waals surface area (Å²) in [6.45, 7) is 3.97. The average Bonchev–Trinajstić information content (AvgIpc) is 2.37. The molecule has 0 heterocycles. The second-order valence-corrected chi connectivity index (χ2v) is 5.37. The van der Waals surface area contributed by atoms with Crippen molar-refractivity contribution in [2.45, 2.75) is 38.8 Å². The minimum atomic E-state index is -0.205. The van der Waals surface area contributed by atoms with Gasteiger partial charge in [-0.1, -0.05) is 41.1 Å². The molecule has 2 atom stereocenters. The van der Waals surface area contributed by atoms with Crippen molar-refractivity contribution in [1.82, 2.24) is 10.6 Å². The van der Waals surface area contributed by atoms with Gasteiger partial charge in [0, 0.05) is 17.1 Å². The van der Waals surface area contributed by atoms with Crippen molar-refractivity contribution < 1.29 is 9.90 Å². The zero-order valence-corrected chi connectivity index (χ0v) is 12.9. The highest BCUT2D eigenvalue weighted by Gasteiger charge is 2.15. The van der Waals surface area contributed by atoms with E-state index in [1.807, 2.05) is 38.1 Å². The molecule has 1 aromatic rings. The zero-order chi connectivity index (χ0) is 14.3. The lowest BCUT2D eigenvalue weighted by Gasteiger charge is -2.21. The van der Waals surface area contributed by atoms with E-state index >= 15 is 0 Å². The fraction of sp³-hybridized carbons (Fsp3) is 0.500. The molecule has 0 saturated heterocycles. The number of urea groups is 1. The highest BCUT2D eigenvalue weighted by atomic mass is 79.9. The number of carbonyl (C=O) groups excluding carboxylic acids is 1. The van der Waals surface area contributed by atoms with Gasteiger partial charge in [-0.25, -0.2) is 4.79 Å². The molecule has 5 heteroatoms. The molecule has 0 fully saturated rings. The monoisotopic (exact) mass is 328 g/mol. The van der Waals surface area contributed by atoms with E-state index in [0.717, 1.165) is 16.5 Å². The van der Waals surface area contributed by atoms with Crippen molar-refractivity contribution in [2.75, 3.05) is 6.61 Å². The average molecular weight is 329 g/mol. The van der Waals surface area contributed by atoms with Crippen LogP contribution in [0, 0.1) is 0 Å². The topological polar surface area (TPSA) is 61.4 Å². The van der Waals surface area contributed by atoms with E-state index in [1.165, 1.54) is 0 Å². The lowest BCUT2D eigenvalue weighted by atomic mass is 10.1. The fourth-order valence-corrected chi connectivity index (χ4v) is 2.41. The molecular weight excluding hydrogens is 308 g/mol. The second-order valence-electron chi connectivity index (χ2n) is 4.51. The van der Waals surface area contributed by atoms with Crippen molar-refractivity contribution in [3.63, 3.8) is 0 Å². The Kier molecular flexibility index (Phi) is 6.87. The predicted octanol–water partition coefficient (Wildman–Crippen LogP) is 2.97. The van der Waals surface area contributed by atoms with Gasteiger partial charge in [-0.05, 0) is 31.4 Å². The second kappa shape index (κ2) is 8.17. The van der Waals surface area contributed by atoms with Gasteiger partial charge in [0.05, 0.1) is 6.04 Å². The van der Waals surface area contributed by atoms with E-state index in [1.54, 1.807) is 0 Å². The van der Waals surface area contributed by atoms with Gasteiger partial charge in [0.2, 0.25) is 0 Å². The van der Waals surface area contributed by atoms with E-state index < -0.39 is 0 Å². The van der Waals surface area contributed by atoms with Gasteiger partial charge in [-0.3, -0.25) is 0 Å². The molecule has 0 spiro atoms. The number of hydrogen-bond donors (Lipinski definition) is 3. The van der Waals surface area contributed by atoms with Gasteiger partial charge in [-0.2, -0.15) is 0 Å². The fourth-order valence-electron chi connectivity index (χ4n) is 1.85. The third kappa shape index (κ3) is 5.20. The van der Waals surface area contributed by atoms with Gasteiger partial charge >= 0.3 is 6.03 Å². The van der Waals surface area contributed by atoms with Crippen LogP contribution in [0.2, 0.25) is 0 Å². The van der Waals surface area contributed by atoms with Gasteiger partial charge in [0.1, 0.15) is 0 Å². The Morgan fingerprint density at radius 3 is 2.63 bits per heavy atom. The summed E-state index contributed by atoms with van der Waals surface area (Å²) in [5, 5.41) is 14.6. The van der Waals surface area contributed by atoms with Crippen molar-refractivity contribution >= 4 is 22.0 Å². The molecule has 0 aromatic heterocycles. The summed E-state index contributed by atoms with van der Waals surface area (Å²) in [6.07, 6.45) is 1.36. The molecule has 1 aromatic carbocycles. The molecule has 0 aliphatic heterocycles. The standard InChI is InChI=1S/C14H21BrN2O2/c1-3-13(11-6-4-5-7-12(11)15)17-14(19)16-10(2)8-9-18/h4-7,10,13,18H,3,8-9H2,1-2H3,(H2,16,17,19)/t10-,13?/m1/s1. The van der Waals surface area contributed by atoms with E-state index in [9.17, 15) is 4.79 Å². The first-order valence-electron chi connectivity index (χ1n) is 6.50. The summed E-state index contributed by atoms with van der Waals surface area (Å²) in [6, 6.07) is 7.59. The zero-order valence-electron chi connectivity index (χ0n) is 11.3. The smallest absolute Gasteiger partial charge is 0.315 e. The maximum Gasteiger partial charge on any atom is 0.315 e. The highest BCUT2D eigenvalue weighted by Crippen LogP contribution is 2.25. The van der Waals surface area contributed by atoms with Crippen LogP contribution in [0.15, 0.2) is 28.7 Å². The molecule has 0 aliphatic rings. The Labute approximate surface area is 122 Å². The lowest BCUT2D eigenvalue weighted by Crippen LogP contribution is -2.42. The third-order valence-electron chi connectivity index (χ3n) is 2.93. The van der Waals surface area contributed by atoms with Crippen LogP contribution in [0.25, 0.3) is 0 Å². The van der Waals surface area contributed by atoms with Crippen LogP contribution in [0.4, 0.5) is 4.79 Å². The molecule has 106 valence electrons. The molecule has 0 bridgehead atoms. The van der Waals surface area contributed by atoms with Gasteiger partial charge in [0.25, 0.3) is 0 Å². The molecule has 1 unspecified atom stereocenters. The molecule has 1 rings (SSSR count). The number of aliphatic hydroxyl groups is 1. The predicted molar refractivity (Wildman–Crippen MR) is 80.0 cm³/mol. The van der Waals surface area contributed by atoms with Crippen LogP contribution in [-0.4, -0.2) is 23.8 Å². The summed E-state index contributed by atoms with van der Waals surface area (Å²) in [5.74, 6) is 0. The van der Waals surface area contributed by atoms with Gasteiger partial charge in [0.15, 0.2) is 0 Å². The number of hydrogen-bond acceptors (Lipinski definition) is 2. The summed E-state index contributed by atoms with van der Waals surface area (Å²) in [5.41, 5.74) is 1.06. The molecular formula is C14H21BrN2O2.